The van der Waals surface area contributed by atoms with Gasteiger partial charge in [-0.1, -0.05) is 30.3 Å². The van der Waals surface area contributed by atoms with E-state index in [1.54, 1.807) is 6.07 Å². The molecule has 2 aliphatic heterocycles. The fraction of sp³-hybridized carbons (Fsp3) is 0.364. The molecule has 1 aromatic carbocycles. The lowest BCUT2D eigenvalue weighted by molar-refractivity contribution is -0.146. The van der Waals surface area contributed by atoms with E-state index < -0.39 is 23.8 Å². The number of nitrogens with zero attached hydrogens (tertiary/aromatic N) is 1. The van der Waals surface area contributed by atoms with E-state index in [4.69, 9.17) is 11.6 Å². The minimum absolute atomic E-state index is 0.0697. The normalized spacial score (nSPS) is 19.1. The van der Waals surface area contributed by atoms with Crippen molar-refractivity contribution in [3.8, 4) is 0 Å². The summed E-state index contributed by atoms with van der Waals surface area (Å²) in [5.41, 5.74) is 2.56. The number of piperidine rings is 1. The maximum atomic E-state index is 12.6. The Labute approximate surface area is 180 Å². The Kier molecular flexibility index (Phi) is 6.72. The van der Waals surface area contributed by atoms with Crippen molar-refractivity contribution >= 4 is 35.1 Å². The lowest BCUT2D eigenvalue weighted by Crippen LogP contribution is -2.52. The third-order valence-electron chi connectivity index (χ3n) is 5.17. The Morgan fingerprint density at radius 3 is 2.80 bits per heavy atom. The first-order valence-corrected chi connectivity index (χ1v) is 10.2. The molecule has 3 amide bonds. The zero-order valence-electron chi connectivity index (χ0n) is 16.8. The Bertz CT molecular complexity index is 954. The molecule has 1 atom stereocenters. The summed E-state index contributed by atoms with van der Waals surface area (Å²) in [6.45, 7) is 5.97. The molecule has 8 heteroatoms. The van der Waals surface area contributed by atoms with Crippen LogP contribution < -0.4 is 10.6 Å². The van der Waals surface area contributed by atoms with Gasteiger partial charge in [0.25, 0.3) is 11.8 Å². The monoisotopic (exact) mass is 429 g/mol. The molecule has 0 aliphatic carbocycles. The van der Waals surface area contributed by atoms with Gasteiger partial charge < -0.3 is 10.6 Å². The summed E-state index contributed by atoms with van der Waals surface area (Å²) >= 11 is 6.09. The van der Waals surface area contributed by atoms with E-state index in [0.717, 1.165) is 16.0 Å². The standard InChI is InChI=1S/C22H24ClN3O4/c1-13-5-7-15(11-17(13)23)10-16(27)4-3-9-24-18-12-20(28)26(22(18)30)19-8-6-14(2)25-21(19)29/h5,7,11-12,19,24H,2-4,6,8-10H2,1H3,(H,25,29). The van der Waals surface area contributed by atoms with Crippen LogP contribution in [0, 0.1) is 6.92 Å². The van der Waals surface area contributed by atoms with E-state index in [-0.39, 0.29) is 11.5 Å². The average Bonchev–Trinajstić information content (AvgIpc) is 2.96. The van der Waals surface area contributed by atoms with E-state index >= 15 is 0 Å². The molecule has 2 N–H and O–H groups in total. The third kappa shape index (κ3) is 4.97. The van der Waals surface area contributed by atoms with Gasteiger partial charge in [-0.05, 0) is 43.4 Å². The molecule has 0 radical (unpaired) electrons. The Morgan fingerprint density at radius 2 is 2.10 bits per heavy atom. The fourth-order valence-corrected chi connectivity index (χ4v) is 3.69. The first-order valence-electron chi connectivity index (χ1n) is 9.84. The first kappa shape index (κ1) is 21.8. The lowest BCUT2D eigenvalue weighted by atomic mass is 10.0. The zero-order valence-corrected chi connectivity index (χ0v) is 17.6. The number of allylic oxidation sites excluding steroid dienone is 1. The molecule has 158 valence electrons. The minimum Gasteiger partial charge on any atom is -0.380 e. The number of carbonyl (C=O) groups is 4. The number of amides is 3. The highest BCUT2D eigenvalue weighted by atomic mass is 35.5. The number of hydrogen-bond donors (Lipinski definition) is 2. The quantitative estimate of drug-likeness (QED) is 0.487. The van der Waals surface area contributed by atoms with Gasteiger partial charge in [0.2, 0.25) is 5.91 Å². The Balaban J connectivity index is 1.45. The molecule has 30 heavy (non-hydrogen) atoms. The predicted octanol–water partition coefficient (Wildman–Crippen LogP) is 2.17. The fourth-order valence-electron chi connectivity index (χ4n) is 3.49. The van der Waals surface area contributed by atoms with Crippen LogP contribution in [0.4, 0.5) is 0 Å². The summed E-state index contributed by atoms with van der Waals surface area (Å²) in [6.07, 6.45) is 3.24. The number of hydrogen-bond acceptors (Lipinski definition) is 5. The number of halogens is 1. The topological polar surface area (TPSA) is 95.6 Å². The molecule has 0 bridgehead atoms. The number of imide groups is 1. The van der Waals surface area contributed by atoms with E-state index in [1.165, 1.54) is 6.08 Å². The maximum absolute atomic E-state index is 12.6. The molecule has 7 nitrogen and oxygen atoms in total. The molecule has 0 aromatic heterocycles. The van der Waals surface area contributed by atoms with Crippen LogP contribution in [0.15, 0.2) is 42.2 Å². The van der Waals surface area contributed by atoms with Gasteiger partial charge in [0.05, 0.1) is 0 Å². The van der Waals surface area contributed by atoms with Crippen LogP contribution in [0.1, 0.15) is 36.8 Å². The van der Waals surface area contributed by atoms with Crippen molar-refractivity contribution in [3.05, 3.63) is 58.4 Å². The molecule has 1 saturated heterocycles. The molecule has 2 aliphatic rings. The number of nitrogens with one attached hydrogen (secondary N) is 2. The number of ketones is 1. The number of rotatable bonds is 8. The summed E-state index contributed by atoms with van der Waals surface area (Å²) in [5.74, 6) is -1.36. The summed E-state index contributed by atoms with van der Waals surface area (Å²) in [6, 6.07) is 4.74. The second kappa shape index (κ2) is 9.26. The molecule has 1 fully saturated rings. The van der Waals surface area contributed by atoms with Gasteiger partial charge in [0.15, 0.2) is 0 Å². The van der Waals surface area contributed by atoms with Gasteiger partial charge >= 0.3 is 0 Å². The smallest absolute Gasteiger partial charge is 0.277 e. The van der Waals surface area contributed by atoms with Crippen LogP contribution in [0.3, 0.4) is 0 Å². The molecule has 0 saturated carbocycles. The van der Waals surface area contributed by atoms with E-state index in [1.807, 2.05) is 19.1 Å². The number of benzene rings is 1. The molecule has 2 heterocycles. The van der Waals surface area contributed by atoms with Crippen LogP contribution in [0.25, 0.3) is 0 Å². The second-order valence-electron chi connectivity index (χ2n) is 7.55. The van der Waals surface area contributed by atoms with Crippen molar-refractivity contribution in [3.63, 3.8) is 0 Å². The van der Waals surface area contributed by atoms with Gasteiger partial charge in [-0.3, -0.25) is 24.1 Å². The molecule has 0 spiro atoms. The molecule has 1 aromatic rings. The van der Waals surface area contributed by atoms with Gasteiger partial charge in [-0.15, -0.1) is 0 Å². The summed E-state index contributed by atoms with van der Waals surface area (Å²) in [5, 5.41) is 6.14. The van der Waals surface area contributed by atoms with Crippen molar-refractivity contribution in [2.45, 2.75) is 45.1 Å². The number of Topliss-reactive ketones (excluding diaryl/α,β-unsaturated/α-hetero) is 1. The average molecular weight is 430 g/mol. The SMILES string of the molecule is C=C1CCC(N2C(=O)C=C(NCCCC(=O)Cc3ccc(C)c(Cl)c3)C2=O)C(=O)N1. The van der Waals surface area contributed by atoms with Crippen LogP contribution >= 0.6 is 11.6 Å². The van der Waals surface area contributed by atoms with E-state index in [0.29, 0.717) is 49.4 Å². The highest BCUT2D eigenvalue weighted by Crippen LogP contribution is 2.22. The number of aryl methyl sites for hydroxylation is 1. The minimum atomic E-state index is -0.825. The van der Waals surface area contributed by atoms with Crippen LogP contribution in [-0.4, -0.2) is 41.0 Å². The second-order valence-corrected chi connectivity index (χ2v) is 7.96. The van der Waals surface area contributed by atoms with Crippen molar-refractivity contribution in [1.29, 1.82) is 0 Å². The van der Waals surface area contributed by atoms with Crippen molar-refractivity contribution in [1.82, 2.24) is 15.5 Å². The van der Waals surface area contributed by atoms with Gasteiger partial charge in [0.1, 0.15) is 17.5 Å². The summed E-state index contributed by atoms with van der Waals surface area (Å²) < 4.78 is 0. The highest BCUT2D eigenvalue weighted by Gasteiger charge is 2.41. The largest absolute Gasteiger partial charge is 0.380 e. The van der Waals surface area contributed by atoms with Crippen LogP contribution in [-0.2, 0) is 25.6 Å². The predicted molar refractivity (Wildman–Crippen MR) is 112 cm³/mol. The van der Waals surface area contributed by atoms with E-state index in [2.05, 4.69) is 17.2 Å². The van der Waals surface area contributed by atoms with Crippen LogP contribution in [0.5, 0.6) is 0 Å². The summed E-state index contributed by atoms with van der Waals surface area (Å²) in [4.78, 5) is 50.1. The number of carbonyl (C=O) groups excluding carboxylic acids is 4. The Morgan fingerprint density at radius 1 is 1.33 bits per heavy atom. The zero-order chi connectivity index (χ0) is 21.8. The highest BCUT2D eigenvalue weighted by molar-refractivity contribution is 6.31. The summed E-state index contributed by atoms with van der Waals surface area (Å²) in [7, 11) is 0. The molecular formula is C22H24ClN3O4. The maximum Gasteiger partial charge on any atom is 0.277 e. The van der Waals surface area contributed by atoms with Gasteiger partial charge in [0, 0.05) is 36.2 Å². The van der Waals surface area contributed by atoms with Crippen molar-refractivity contribution < 1.29 is 19.2 Å². The first-order chi connectivity index (χ1) is 14.3. The van der Waals surface area contributed by atoms with Crippen molar-refractivity contribution in [2.24, 2.45) is 0 Å². The lowest BCUT2D eigenvalue weighted by Gasteiger charge is -2.29. The van der Waals surface area contributed by atoms with Gasteiger partial charge in [-0.25, -0.2) is 0 Å². The molecular weight excluding hydrogens is 406 g/mol. The Hall–Kier alpha value is -2.93. The molecule has 1 unspecified atom stereocenters. The van der Waals surface area contributed by atoms with Crippen LogP contribution in [0.2, 0.25) is 5.02 Å². The third-order valence-corrected chi connectivity index (χ3v) is 5.58. The van der Waals surface area contributed by atoms with Gasteiger partial charge in [-0.2, -0.15) is 0 Å². The van der Waals surface area contributed by atoms with Crippen molar-refractivity contribution in [2.75, 3.05) is 6.54 Å². The molecule has 3 rings (SSSR count). The van der Waals surface area contributed by atoms with E-state index in [9.17, 15) is 19.2 Å².